The van der Waals surface area contributed by atoms with Crippen molar-refractivity contribution < 1.29 is 13.6 Å². The van der Waals surface area contributed by atoms with E-state index < -0.39 is 17.5 Å². The molecule has 0 radical (unpaired) electrons. The maximum atomic E-state index is 13.0. The van der Waals surface area contributed by atoms with Crippen LogP contribution in [0.25, 0.3) is 0 Å². The van der Waals surface area contributed by atoms with Gasteiger partial charge in [0.2, 0.25) is 0 Å². The molecule has 1 amide bonds. The number of nitrogens with zero attached hydrogens (tertiary/aromatic N) is 2. The van der Waals surface area contributed by atoms with Crippen molar-refractivity contribution in [2.45, 2.75) is 0 Å². The lowest BCUT2D eigenvalue weighted by Crippen LogP contribution is -2.16. The summed E-state index contributed by atoms with van der Waals surface area (Å²) in [7, 11) is 0. The van der Waals surface area contributed by atoms with E-state index in [9.17, 15) is 13.6 Å². The molecule has 0 unspecified atom stereocenters. The first-order valence-electron chi connectivity index (χ1n) is 5.43. The van der Waals surface area contributed by atoms with Gasteiger partial charge in [-0.15, -0.1) is 0 Å². The molecule has 1 aromatic carbocycles. The first kappa shape index (κ1) is 13.4. The number of nitrogens with one attached hydrogen (secondary N) is 1. The van der Waals surface area contributed by atoms with Crippen molar-refractivity contribution in [3.05, 3.63) is 53.2 Å². The van der Waals surface area contributed by atoms with Crippen LogP contribution in [0.15, 0.2) is 30.5 Å². The highest BCUT2D eigenvalue weighted by Crippen LogP contribution is 2.18. The highest BCUT2D eigenvalue weighted by atomic mass is 19.1. The molecule has 0 aliphatic heterocycles. The molecule has 1 heterocycles. The van der Waals surface area contributed by atoms with E-state index >= 15 is 0 Å². The van der Waals surface area contributed by atoms with Crippen LogP contribution in [0.2, 0.25) is 0 Å². The molecule has 0 atom stereocenters. The Morgan fingerprint density at radius 2 is 2.05 bits per heavy atom. The summed E-state index contributed by atoms with van der Waals surface area (Å²) >= 11 is 0. The van der Waals surface area contributed by atoms with Gasteiger partial charge in [-0.1, -0.05) is 0 Å². The molecule has 20 heavy (non-hydrogen) atoms. The molecule has 0 saturated heterocycles. The van der Waals surface area contributed by atoms with E-state index in [1.54, 1.807) is 6.07 Å². The Morgan fingerprint density at radius 3 is 2.75 bits per heavy atom. The minimum absolute atomic E-state index is 0.0544. The topological polar surface area (TPSA) is 91.8 Å². The van der Waals surface area contributed by atoms with Crippen molar-refractivity contribution in [2.24, 2.45) is 0 Å². The van der Waals surface area contributed by atoms with Crippen molar-refractivity contribution in [3.63, 3.8) is 0 Å². The maximum absolute atomic E-state index is 13.0. The molecule has 5 nitrogen and oxygen atoms in total. The molecule has 0 aliphatic carbocycles. The number of aromatic nitrogens is 1. The Hall–Kier alpha value is -3.01. The van der Waals surface area contributed by atoms with Crippen LogP contribution in [0.3, 0.4) is 0 Å². The van der Waals surface area contributed by atoms with Gasteiger partial charge in [-0.25, -0.2) is 13.8 Å². The fourth-order valence-corrected chi connectivity index (χ4v) is 1.54. The summed E-state index contributed by atoms with van der Waals surface area (Å²) in [6.07, 6.45) is 0.880. The zero-order valence-corrected chi connectivity index (χ0v) is 10.0. The van der Waals surface area contributed by atoms with Crippen LogP contribution >= 0.6 is 0 Å². The van der Waals surface area contributed by atoms with Crippen molar-refractivity contribution in [1.29, 1.82) is 5.26 Å². The molecular weight excluding hydrogens is 266 g/mol. The summed E-state index contributed by atoms with van der Waals surface area (Å²) in [6, 6.07) is 5.96. The average Bonchev–Trinajstić information content (AvgIpc) is 2.43. The summed E-state index contributed by atoms with van der Waals surface area (Å²) in [5, 5.41) is 11.2. The van der Waals surface area contributed by atoms with Crippen LogP contribution in [0, 0.1) is 23.0 Å². The molecule has 0 aliphatic rings. The van der Waals surface area contributed by atoms with Gasteiger partial charge in [0.1, 0.15) is 23.5 Å². The summed E-state index contributed by atoms with van der Waals surface area (Å²) in [4.78, 5) is 15.5. The van der Waals surface area contributed by atoms with E-state index in [1.165, 1.54) is 6.07 Å². The van der Waals surface area contributed by atoms with Crippen LogP contribution in [-0.2, 0) is 0 Å². The molecular formula is C13H8F2N4O. The molecule has 0 fully saturated rings. The fraction of sp³-hybridized carbons (Fsp3) is 0. The Kier molecular flexibility index (Phi) is 3.57. The van der Waals surface area contributed by atoms with E-state index in [2.05, 4.69) is 10.3 Å². The predicted molar refractivity (Wildman–Crippen MR) is 67.7 cm³/mol. The third kappa shape index (κ3) is 2.70. The van der Waals surface area contributed by atoms with E-state index in [4.69, 9.17) is 11.0 Å². The Morgan fingerprint density at radius 1 is 1.30 bits per heavy atom. The third-order valence-corrected chi connectivity index (χ3v) is 2.48. The Balaban J connectivity index is 2.33. The van der Waals surface area contributed by atoms with Gasteiger partial charge in [0.05, 0.1) is 23.0 Å². The van der Waals surface area contributed by atoms with Crippen LogP contribution in [-0.4, -0.2) is 10.9 Å². The normalized spacial score (nSPS) is 9.85. The first-order chi connectivity index (χ1) is 9.51. The van der Waals surface area contributed by atoms with Crippen molar-refractivity contribution >= 4 is 17.4 Å². The lowest BCUT2D eigenvalue weighted by Gasteiger charge is -2.08. The minimum Gasteiger partial charge on any atom is -0.383 e. The number of pyridine rings is 1. The number of anilines is 2. The van der Waals surface area contributed by atoms with Gasteiger partial charge in [-0.2, -0.15) is 5.26 Å². The second kappa shape index (κ2) is 5.32. The predicted octanol–water partition coefficient (Wildman–Crippen LogP) is 2.07. The van der Waals surface area contributed by atoms with Gasteiger partial charge >= 0.3 is 0 Å². The van der Waals surface area contributed by atoms with Gasteiger partial charge in [0, 0.05) is 0 Å². The first-order valence-corrected chi connectivity index (χ1v) is 5.43. The van der Waals surface area contributed by atoms with Crippen LogP contribution in [0.5, 0.6) is 0 Å². The van der Waals surface area contributed by atoms with Gasteiger partial charge < -0.3 is 11.1 Å². The number of amides is 1. The molecule has 0 spiro atoms. The molecule has 3 N–H and O–H groups in total. The zero-order chi connectivity index (χ0) is 14.7. The van der Waals surface area contributed by atoms with E-state index in [-0.39, 0.29) is 22.6 Å². The number of halogens is 2. The monoisotopic (exact) mass is 274 g/mol. The number of nitrogen functional groups attached to an aromatic ring is 1. The van der Waals surface area contributed by atoms with Crippen LogP contribution in [0.1, 0.15) is 15.9 Å². The van der Waals surface area contributed by atoms with Gasteiger partial charge in [-0.3, -0.25) is 4.79 Å². The zero-order valence-electron chi connectivity index (χ0n) is 10.0. The Labute approximate surface area is 112 Å². The van der Waals surface area contributed by atoms with Gasteiger partial charge in [0.25, 0.3) is 5.91 Å². The molecule has 1 aromatic heterocycles. The summed E-state index contributed by atoms with van der Waals surface area (Å²) in [5.74, 6) is -2.21. The van der Waals surface area contributed by atoms with E-state index in [0.29, 0.717) is 0 Å². The lowest BCUT2D eigenvalue weighted by molar-refractivity contribution is 0.102. The number of benzene rings is 1. The fourth-order valence-electron chi connectivity index (χ4n) is 1.54. The van der Waals surface area contributed by atoms with Gasteiger partial charge in [0.15, 0.2) is 0 Å². The van der Waals surface area contributed by atoms with E-state index in [1.807, 2.05) is 0 Å². The number of hydrogen-bond acceptors (Lipinski definition) is 4. The quantitative estimate of drug-likeness (QED) is 0.876. The number of nitriles is 1. The highest BCUT2D eigenvalue weighted by Gasteiger charge is 2.14. The number of hydrogen-bond donors (Lipinski definition) is 2. The third-order valence-electron chi connectivity index (χ3n) is 2.48. The average molecular weight is 274 g/mol. The van der Waals surface area contributed by atoms with Crippen molar-refractivity contribution in [2.75, 3.05) is 11.1 Å². The number of rotatable bonds is 2. The largest absolute Gasteiger partial charge is 0.383 e. The van der Waals surface area contributed by atoms with Crippen molar-refractivity contribution in [3.8, 4) is 6.07 Å². The van der Waals surface area contributed by atoms with Crippen LogP contribution in [0.4, 0.5) is 20.3 Å². The molecule has 7 heteroatoms. The van der Waals surface area contributed by atoms with E-state index in [0.717, 1.165) is 24.4 Å². The Bertz CT molecular complexity index is 725. The summed E-state index contributed by atoms with van der Waals surface area (Å²) < 4.78 is 26.0. The maximum Gasteiger partial charge on any atom is 0.259 e. The smallest absolute Gasteiger partial charge is 0.259 e. The molecule has 2 aromatic rings. The highest BCUT2D eigenvalue weighted by molar-refractivity contribution is 6.07. The lowest BCUT2D eigenvalue weighted by atomic mass is 10.1. The number of nitrogens with two attached hydrogens (primary N) is 1. The molecule has 100 valence electrons. The van der Waals surface area contributed by atoms with Crippen molar-refractivity contribution in [1.82, 2.24) is 4.98 Å². The van der Waals surface area contributed by atoms with Gasteiger partial charge in [-0.05, 0) is 24.3 Å². The minimum atomic E-state index is -0.738. The molecule has 2 rings (SSSR count). The second-order valence-electron chi connectivity index (χ2n) is 3.84. The number of carbonyl (C=O) groups excluding carboxylic acids is 1. The molecule has 0 bridgehead atoms. The van der Waals surface area contributed by atoms with Crippen LogP contribution < -0.4 is 11.1 Å². The summed E-state index contributed by atoms with van der Waals surface area (Å²) in [6.45, 7) is 0. The standard InChI is InChI=1S/C13H8F2N4O/c14-8-1-2-11(7(3-8)5-16)19-13(20)10-4-9(15)6-18-12(10)17/h1-4,6H,(H2,17,18)(H,19,20). The molecule has 0 saturated carbocycles. The number of carbonyl (C=O) groups is 1. The summed E-state index contributed by atoms with van der Waals surface area (Å²) in [5.41, 5.74) is 5.35. The second-order valence-corrected chi connectivity index (χ2v) is 3.84. The SMILES string of the molecule is N#Cc1cc(F)ccc1NC(=O)c1cc(F)cnc1N.